The number of piperazine rings is 1. The van der Waals surface area contributed by atoms with Gasteiger partial charge in [-0.25, -0.2) is 9.97 Å². The van der Waals surface area contributed by atoms with Gasteiger partial charge in [0, 0.05) is 56.0 Å². The highest BCUT2D eigenvalue weighted by molar-refractivity contribution is 5.98. The summed E-state index contributed by atoms with van der Waals surface area (Å²) in [7, 11) is 2.11. The average molecular weight is 575 g/mol. The van der Waals surface area contributed by atoms with Crippen LogP contribution in [0.5, 0.6) is 0 Å². The zero-order valence-corrected chi connectivity index (χ0v) is 25.3. The molecule has 3 fully saturated rings. The Bertz CT molecular complexity index is 1600. The van der Waals surface area contributed by atoms with E-state index in [1.54, 1.807) is 0 Å². The predicted octanol–water partition coefficient (Wildman–Crippen LogP) is 5.54. The number of carbonyl (C=O) groups excluding carboxylic acids is 1. The van der Waals surface area contributed by atoms with Gasteiger partial charge in [-0.2, -0.15) is 0 Å². The maximum Gasteiger partial charge on any atom is 0.254 e. The van der Waals surface area contributed by atoms with Gasteiger partial charge in [0.1, 0.15) is 0 Å². The van der Waals surface area contributed by atoms with Crippen molar-refractivity contribution in [2.24, 2.45) is 0 Å². The number of carbonyl (C=O) groups is 1. The molecule has 4 heterocycles. The van der Waals surface area contributed by atoms with E-state index in [1.807, 2.05) is 23.1 Å². The molecule has 43 heavy (non-hydrogen) atoms. The van der Waals surface area contributed by atoms with Gasteiger partial charge in [-0.15, -0.1) is 0 Å². The molecule has 0 radical (unpaired) electrons. The van der Waals surface area contributed by atoms with E-state index in [0.717, 1.165) is 72.8 Å². The quantitative estimate of drug-likeness (QED) is 0.289. The maximum absolute atomic E-state index is 13.4. The molecular weight excluding hydrogens is 532 g/mol. The van der Waals surface area contributed by atoms with Crippen molar-refractivity contribution in [2.75, 3.05) is 59.4 Å². The van der Waals surface area contributed by atoms with Crippen molar-refractivity contribution in [3.05, 3.63) is 83.4 Å². The van der Waals surface area contributed by atoms with Gasteiger partial charge in [0.15, 0.2) is 0 Å². The van der Waals surface area contributed by atoms with Gasteiger partial charge in [-0.1, -0.05) is 36.4 Å². The molecule has 3 aromatic carbocycles. The third-order valence-electron chi connectivity index (χ3n) is 9.31. The van der Waals surface area contributed by atoms with E-state index in [2.05, 4.69) is 70.3 Å². The molecule has 1 amide bonds. The number of aromatic nitrogens is 2. The minimum absolute atomic E-state index is 0.0738. The molecule has 0 saturated carbocycles. The van der Waals surface area contributed by atoms with Crippen LogP contribution in [0.15, 0.2) is 66.7 Å². The van der Waals surface area contributed by atoms with Crippen molar-refractivity contribution < 1.29 is 4.79 Å². The fourth-order valence-electron chi connectivity index (χ4n) is 6.81. The topological polar surface area (TPSA) is 55.8 Å². The number of fused-ring (bicyclic) bond motifs is 1. The first-order chi connectivity index (χ1) is 21.1. The summed E-state index contributed by atoms with van der Waals surface area (Å²) in [6.07, 6.45) is 5.13. The van der Waals surface area contributed by atoms with Crippen LogP contribution in [-0.4, -0.2) is 94.9 Å². The lowest BCUT2D eigenvalue weighted by atomic mass is 10.00. The van der Waals surface area contributed by atoms with Gasteiger partial charge < -0.3 is 9.80 Å². The standard InChI is InChI=1S/C36H42N6O/c1-39-18-20-42(21-19-39)36(43)31-12-13-32-33(24-31)38-35(30-11-7-9-28(23-30)26-41-16-4-5-17-41)34(37-32)29-10-6-8-27(22-29)25-40-14-2-3-15-40/h6-13,22-24H,2-5,14-21,25-26H2,1H3. The van der Waals surface area contributed by atoms with Crippen LogP contribution in [0, 0.1) is 0 Å². The van der Waals surface area contributed by atoms with Gasteiger partial charge in [0.05, 0.1) is 22.4 Å². The van der Waals surface area contributed by atoms with Crippen molar-refractivity contribution in [3.8, 4) is 22.5 Å². The van der Waals surface area contributed by atoms with E-state index in [1.165, 1.54) is 63.0 Å². The lowest BCUT2D eigenvalue weighted by molar-refractivity contribution is 0.0664. The molecule has 0 spiro atoms. The molecule has 0 unspecified atom stereocenters. The molecule has 1 aromatic heterocycles. The molecule has 7 rings (SSSR count). The van der Waals surface area contributed by atoms with Crippen molar-refractivity contribution >= 4 is 16.9 Å². The fourth-order valence-corrected chi connectivity index (χ4v) is 6.81. The summed E-state index contributed by atoms with van der Waals surface area (Å²) < 4.78 is 0. The van der Waals surface area contributed by atoms with E-state index < -0.39 is 0 Å². The summed E-state index contributed by atoms with van der Waals surface area (Å²) in [6, 6.07) is 23.5. The fraction of sp³-hybridized carbons (Fsp3) is 0.417. The number of nitrogens with zero attached hydrogens (tertiary/aromatic N) is 6. The van der Waals surface area contributed by atoms with E-state index in [9.17, 15) is 4.79 Å². The number of likely N-dealkylation sites (N-methyl/N-ethyl adjacent to an activating group) is 1. The second-order valence-corrected chi connectivity index (χ2v) is 12.6. The zero-order valence-electron chi connectivity index (χ0n) is 25.3. The number of benzene rings is 3. The van der Waals surface area contributed by atoms with Crippen LogP contribution in [0.25, 0.3) is 33.5 Å². The van der Waals surface area contributed by atoms with Crippen molar-refractivity contribution in [1.82, 2.24) is 29.6 Å². The highest BCUT2D eigenvalue weighted by atomic mass is 16.2. The molecule has 3 saturated heterocycles. The highest BCUT2D eigenvalue weighted by Gasteiger charge is 2.22. The normalized spacial score (nSPS) is 18.6. The van der Waals surface area contributed by atoms with Gasteiger partial charge in [-0.3, -0.25) is 14.6 Å². The summed E-state index contributed by atoms with van der Waals surface area (Å²) in [4.78, 5) is 33.2. The third kappa shape index (κ3) is 6.35. The molecule has 7 nitrogen and oxygen atoms in total. The molecule has 3 aliphatic heterocycles. The Morgan fingerprint density at radius 3 is 1.72 bits per heavy atom. The van der Waals surface area contributed by atoms with Gasteiger partial charge in [0.2, 0.25) is 0 Å². The number of amides is 1. The zero-order chi connectivity index (χ0) is 29.2. The SMILES string of the molecule is CN1CCN(C(=O)c2ccc3nc(-c4cccc(CN5CCCC5)c4)c(-c4cccc(CN5CCCC5)c4)nc3c2)CC1. The Kier molecular flexibility index (Phi) is 8.20. The van der Waals surface area contributed by atoms with Crippen LogP contribution in [0.3, 0.4) is 0 Å². The van der Waals surface area contributed by atoms with Crippen molar-refractivity contribution in [2.45, 2.75) is 38.8 Å². The Hall–Kier alpha value is -3.65. The third-order valence-corrected chi connectivity index (χ3v) is 9.31. The first-order valence-electron chi connectivity index (χ1n) is 16.0. The maximum atomic E-state index is 13.4. The van der Waals surface area contributed by atoms with Crippen LogP contribution in [-0.2, 0) is 13.1 Å². The molecule has 4 aromatic rings. The van der Waals surface area contributed by atoms with Crippen molar-refractivity contribution in [1.29, 1.82) is 0 Å². The van der Waals surface area contributed by atoms with Gasteiger partial charge in [0.25, 0.3) is 5.91 Å². The average Bonchev–Trinajstić information content (AvgIpc) is 3.75. The van der Waals surface area contributed by atoms with Crippen LogP contribution in [0.1, 0.15) is 47.2 Å². The number of hydrogen-bond donors (Lipinski definition) is 0. The number of rotatable bonds is 7. The Labute approximate surface area is 255 Å². The minimum Gasteiger partial charge on any atom is -0.336 e. The molecule has 0 aliphatic carbocycles. The summed E-state index contributed by atoms with van der Waals surface area (Å²) in [5.74, 6) is 0.0738. The monoisotopic (exact) mass is 574 g/mol. The lowest BCUT2D eigenvalue weighted by Crippen LogP contribution is -2.47. The largest absolute Gasteiger partial charge is 0.336 e. The van der Waals surface area contributed by atoms with Crippen LogP contribution >= 0.6 is 0 Å². The molecular formula is C36H42N6O. The lowest BCUT2D eigenvalue weighted by Gasteiger charge is -2.32. The van der Waals surface area contributed by atoms with E-state index in [-0.39, 0.29) is 5.91 Å². The van der Waals surface area contributed by atoms with Crippen LogP contribution in [0.2, 0.25) is 0 Å². The second kappa shape index (κ2) is 12.5. The first kappa shape index (κ1) is 28.1. The van der Waals surface area contributed by atoms with Crippen molar-refractivity contribution in [3.63, 3.8) is 0 Å². The van der Waals surface area contributed by atoms with Gasteiger partial charge in [-0.05, 0) is 100 Å². The Morgan fingerprint density at radius 2 is 1.16 bits per heavy atom. The minimum atomic E-state index is 0.0738. The van der Waals surface area contributed by atoms with Crippen LogP contribution in [0.4, 0.5) is 0 Å². The first-order valence-corrected chi connectivity index (χ1v) is 16.0. The molecule has 7 heteroatoms. The summed E-state index contributed by atoms with van der Waals surface area (Å²) in [5.41, 5.74) is 8.79. The summed E-state index contributed by atoms with van der Waals surface area (Å²) >= 11 is 0. The number of hydrogen-bond acceptors (Lipinski definition) is 6. The van der Waals surface area contributed by atoms with Gasteiger partial charge >= 0.3 is 0 Å². The Morgan fingerprint density at radius 1 is 0.628 bits per heavy atom. The molecule has 222 valence electrons. The second-order valence-electron chi connectivity index (χ2n) is 12.6. The molecule has 3 aliphatic rings. The molecule has 0 bridgehead atoms. The molecule has 0 atom stereocenters. The smallest absolute Gasteiger partial charge is 0.254 e. The summed E-state index contributed by atoms with van der Waals surface area (Å²) in [5, 5.41) is 0. The summed E-state index contributed by atoms with van der Waals surface area (Å²) in [6.45, 7) is 9.90. The molecule has 0 N–H and O–H groups in total. The predicted molar refractivity (Wildman–Crippen MR) is 173 cm³/mol. The Balaban J connectivity index is 1.28. The van der Waals surface area contributed by atoms with E-state index >= 15 is 0 Å². The van der Waals surface area contributed by atoms with Crippen LogP contribution < -0.4 is 0 Å². The van der Waals surface area contributed by atoms with E-state index in [4.69, 9.17) is 9.97 Å². The van der Waals surface area contributed by atoms with E-state index in [0.29, 0.717) is 5.56 Å². The highest BCUT2D eigenvalue weighted by Crippen LogP contribution is 2.33. The number of likely N-dealkylation sites (tertiary alicyclic amines) is 2.